The highest BCUT2D eigenvalue weighted by Gasteiger charge is 2.14. The van der Waals surface area contributed by atoms with Crippen molar-refractivity contribution in [2.75, 3.05) is 13.1 Å². The van der Waals surface area contributed by atoms with E-state index in [0.29, 0.717) is 6.54 Å². The number of nitrogens with two attached hydrogens (primary N) is 2. The van der Waals surface area contributed by atoms with E-state index in [2.05, 4.69) is 58.4 Å². The average Bonchev–Trinajstić information content (AvgIpc) is 2.61. The lowest BCUT2D eigenvalue weighted by Gasteiger charge is -2.23. The minimum absolute atomic E-state index is 0.162. The van der Waals surface area contributed by atoms with E-state index in [1.54, 1.807) is 0 Å². The minimum atomic E-state index is 0.162. The molecule has 3 rings (SSSR count). The van der Waals surface area contributed by atoms with Crippen LogP contribution in [0.3, 0.4) is 0 Å². The Morgan fingerprint density at radius 2 is 1.30 bits per heavy atom. The summed E-state index contributed by atoms with van der Waals surface area (Å²) in [6, 6.07) is 17.5. The van der Waals surface area contributed by atoms with Crippen LogP contribution in [0.2, 0.25) is 0 Å². The Morgan fingerprint density at radius 3 is 1.78 bits per heavy atom. The summed E-state index contributed by atoms with van der Waals surface area (Å²) >= 11 is 0. The quantitative estimate of drug-likeness (QED) is 0.674. The molecule has 0 aromatic heterocycles. The standard InChI is InChI=1S/C19H24N4/c20-19(21)22-11-12-23-13-17-7-3-1-5-15(17)9-10-16-6-2-4-8-18(16)14-23/h1-8H,9-14H2,(H4,20,21,22). The SMILES string of the molecule is NC(N)=NCCN1Cc2ccccc2CCc2ccccc2C1. The van der Waals surface area contributed by atoms with Crippen LogP contribution < -0.4 is 11.5 Å². The van der Waals surface area contributed by atoms with Crippen LogP contribution >= 0.6 is 0 Å². The van der Waals surface area contributed by atoms with Crippen molar-refractivity contribution in [1.29, 1.82) is 0 Å². The first kappa shape index (κ1) is 15.6. The fourth-order valence-electron chi connectivity index (χ4n) is 3.20. The van der Waals surface area contributed by atoms with Crippen LogP contribution in [0.25, 0.3) is 0 Å². The highest BCUT2D eigenvalue weighted by atomic mass is 15.1. The van der Waals surface area contributed by atoms with Crippen molar-refractivity contribution in [3.05, 3.63) is 70.8 Å². The van der Waals surface area contributed by atoms with E-state index in [-0.39, 0.29) is 5.96 Å². The van der Waals surface area contributed by atoms with Crippen LogP contribution in [0.1, 0.15) is 22.3 Å². The Bertz CT molecular complexity index is 640. The first-order valence-corrected chi connectivity index (χ1v) is 8.13. The van der Waals surface area contributed by atoms with Crippen LogP contribution in [0.4, 0.5) is 0 Å². The van der Waals surface area contributed by atoms with E-state index in [0.717, 1.165) is 32.5 Å². The molecule has 0 radical (unpaired) electrons. The van der Waals surface area contributed by atoms with Gasteiger partial charge in [0, 0.05) is 19.6 Å². The van der Waals surface area contributed by atoms with E-state index in [9.17, 15) is 0 Å². The van der Waals surface area contributed by atoms with Gasteiger partial charge < -0.3 is 11.5 Å². The molecular weight excluding hydrogens is 284 g/mol. The van der Waals surface area contributed by atoms with Crippen molar-refractivity contribution in [3.8, 4) is 0 Å². The normalized spacial score (nSPS) is 14.8. The predicted molar refractivity (Wildman–Crippen MR) is 95.1 cm³/mol. The van der Waals surface area contributed by atoms with E-state index in [4.69, 9.17) is 11.5 Å². The number of hydrogen-bond donors (Lipinski definition) is 2. The maximum atomic E-state index is 5.45. The summed E-state index contributed by atoms with van der Waals surface area (Å²) in [5.74, 6) is 0.162. The van der Waals surface area contributed by atoms with Gasteiger partial charge in [-0.15, -0.1) is 0 Å². The van der Waals surface area contributed by atoms with Crippen molar-refractivity contribution in [3.63, 3.8) is 0 Å². The summed E-state index contributed by atoms with van der Waals surface area (Å²) in [5, 5.41) is 0. The molecule has 2 aromatic rings. The predicted octanol–water partition coefficient (Wildman–Crippen LogP) is 2.06. The van der Waals surface area contributed by atoms with Gasteiger partial charge in [-0.05, 0) is 35.1 Å². The largest absolute Gasteiger partial charge is 0.370 e. The molecule has 0 unspecified atom stereocenters. The Labute approximate surface area is 137 Å². The third kappa shape index (κ3) is 4.11. The van der Waals surface area contributed by atoms with Gasteiger partial charge in [0.1, 0.15) is 0 Å². The molecule has 1 heterocycles. The summed E-state index contributed by atoms with van der Waals surface area (Å²) in [7, 11) is 0. The molecule has 0 fully saturated rings. The van der Waals surface area contributed by atoms with Gasteiger partial charge in [-0.25, -0.2) is 0 Å². The van der Waals surface area contributed by atoms with Crippen LogP contribution in [-0.4, -0.2) is 23.9 Å². The summed E-state index contributed by atoms with van der Waals surface area (Å²) in [5.41, 5.74) is 16.6. The maximum Gasteiger partial charge on any atom is 0.185 e. The van der Waals surface area contributed by atoms with Gasteiger partial charge in [-0.1, -0.05) is 48.5 Å². The second-order valence-corrected chi connectivity index (χ2v) is 6.05. The minimum Gasteiger partial charge on any atom is -0.370 e. The third-order valence-corrected chi connectivity index (χ3v) is 4.40. The highest BCUT2D eigenvalue weighted by molar-refractivity contribution is 5.75. The first-order chi connectivity index (χ1) is 11.2. The Hall–Kier alpha value is -2.33. The summed E-state index contributed by atoms with van der Waals surface area (Å²) in [4.78, 5) is 6.56. The van der Waals surface area contributed by atoms with Gasteiger partial charge in [0.25, 0.3) is 0 Å². The molecule has 1 aliphatic rings. The molecule has 4 heteroatoms. The Morgan fingerprint density at radius 1 is 0.826 bits per heavy atom. The third-order valence-electron chi connectivity index (χ3n) is 4.40. The molecule has 120 valence electrons. The number of aryl methyl sites for hydroxylation is 2. The lowest BCUT2D eigenvalue weighted by molar-refractivity contribution is 0.264. The summed E-state index contributed by atoms with van der Waals surface area (Å²) < 4.78 is 0. The van der Waals surface area contributed by atoms with Crippen LogP contribution in [0, 0.1) is 0 Å². The lowest BCUT2D eigenvalue weighted by atomic mass is 9.98. The van der Waals surface area contributed by atoms with E-state index < -0.39 is 0 Å². The molecule has 0 bridgehead atoms. The molecule has 1 aliphatic heterocycles. The fourth-order valence-corrected chi connectivity index (χ4v) is 3.20. The summed E-state index contributed by atoms with van der Waals surface area (Å²) in [6.45, 7) is 3.35. The van der Waals surface area contributed by atoms with Crippen molar-refractivity contribution >= 4 is 5.96 Å². The van der Waals surface area contributed by atoms with Gasteiger partial charge in [0.2, 0.25) is 0 Å². The second-order valence-electron chi connectivity index (χ2n) is 6.05. The molecule has 2 aromatic carbocycles. The van der Waals surface area contributed by atoms with Gasteiger partial charge in [0.05, 0.1) is 6.54 Å². The number of hydrogen-bond acceptors (Lipinski definition) is 2. The molecule has 0 saturated heterocycles. The van der Waals surface area contributed by atoms with E-state index in [1.165, 1.54) is 22.3 Å². The number of rotatable bonds is 3. The van der Waals surface area contributed by atoms with Gasteiger partial charge in [-0.2, -0.15) is 0 Å². The molecule has 4 nitrogen and oxygen atoms in total. The zero-order chi connectivity index (χ0) is 16.1. The topological polar surface area (TPSA) is 67.6 Å². The smallest absolute Gasteiger partial charge is 0.185 e. The van der Waals surface area contributed by atoms with Crippen LogP contribution in [0.15, 0.2) is 53.5 Å². The number of guanidine groups is 1. The van der Waals surface area contributed by atoms with Crippen molar-refractivity contribution in [1.82, 2.24) is 4.90 Å². The average molecular weight is 308 g/mol. The molecule has 0 saturated carbocycles. The van der Waals surface area contributed by atoms with Crippen molar-refractivity contribution in [2.45, 2.75) is 25.9 Å². The van der Waals surface area contributed by atoms with E-state index in [1.807, 2.05) is 0 Å². The number of nitrogens with zero attached hydrogens (tertiary/aromatic N) is 2. The molecule has 0 amide bonds. The monoisotopic (exact) mass is 308 g/mol. The Kier molecular flexibility index (Phi) is 4.93. The summed E-state index contributed by atoms with van der Waals surface area (Å²) in [6.07, 6.45) is 2.18. The zero-order valence-corrected chi connectivity index (χ0v) is 13.4. The lowest BCUT2D eigenvalue weighted by Crippen LogP contribution is -2.28. The van der Waals surface area contributed by atoms with E-state index >= 15 is 0 Å². The van der Waals surface area contributed by atoms with Crippen LogP contribution in [0.5, 0.6) is 0 Å². The molecular formula is C19H24N4. The Balaban J connectivity index is 1.87. The molecule has 0 aliphatic carbocycles. The van der Waals surface area contributed by atoms with Crippen molar-refractivity contribution < 1.29 is 0 Å². The van der Waals surface area contributed by atoms with Gasteiger partial charge in [0.15, 0.2) is 5.96 Å². The van der Waals surface area contributed by atoms with Crippen LogP contribution in [-0.2, 0) is 25.9 Å². The van der Waals surface area contributed by atoms with Crippen molar-refractivity contribution in [2.24, 2.45) is 16.5 Å². The second kappa shape index (κ2) is 7.29. The fraction of sp³-hybridized carbons (Fsp3) is 0.316. The number of fused-ring (bicyclic) bond motifs is 2. The van der Waals surface area contributed by atoms with Gasteiger partial charge in [-0.3, -0.25) is 9.89 Å². The molecule has 23 heavy (non-hydrogen) atoms. The van der Waals surface area contributed by atoms with Gasteiger partial charge >= 0.3 is 0 Å². The molecule has 0 atom stereocenters. The number of benzene rings is 2. The maximum absolute atomic E-state index is 5.45. The first-order valence-electron chi connectivity index (χ1n) is 8.13. The molecule has 4 N–H and O–H groups in total. The number of aliphatic imine (C=N–C) groups is 1. The molecule has 0 spiro atoms. The highest BCUT2D eigenvalue weighted by Crippen LogP contribution is 2.21. The zero-order valence-electron chi connectivity index (χ0n) is 13.4.